The first-order valence-corrected chi connectivity index (χ1v) is 9.66. The molecule has 1 atom stereocenters. The van der Waals surface area contributed by atoms with Gasteiger partial charge in [-0.2, -0.15) is 0 Å². The van der Waals surface area contributed by atoms with Gasteiger partial charge < -0.3 is 16.0 Å². The first-order chi connectivity index (χ1) is 15.1. The fourth-order valence-electron chi connectivity index (χ4n) is 3.42. The molecular weight excluding hydrogens is 418 g/mol. The summed E-state index contributed by atoms with van der Waals surface area (Å²) < 4.78 is 0. The van der Waals surface area contributed by atoms with Crippen molar-refractivity contribution >= 4 is 35.1 Å². The van der Waals surface area contributed by atoms with Crippen molar-refractivity contribution in [1.29, 1.82) is 0 Å². The van der Waals surface area contributed by atoms with Crippen LogP contribution in [0.5, 0.6) is 0 Å². The van der Waals surface area contributed by atoms with Gasteiger partial charge in [0.25, 0.3) is 11.6 Å². The lowest BCUT2D eigenvalue weighted by Gasteiger charge is -2.25. The summed E-state index contributed by atoms with van der Waals surface area (Å²) >= 11 is 0. The minimum absolute atomic E-state index is 0.0238. The number of hydrogen-bond donors (Lipinski definition) is 2. The number of non-ortho nitro benzene ring substituents is 1. The second-order valence-electron chi connectivity index (χ2n) is 7.35. The normalized spacial score (nSPS) is 17.7. The largest absolute Gasteiger partial charge is 0.370 e. The minimum Gasteiger partial charge on any atom is -0.370 e. The highest BCUT2D eigenvalue weighted by molar-refractivity contribution is 6.10. The van der Waals surface area contributed by atoms with E-state index in [1.807, 2.05) is 0 Å². The number of hydrogen-bond acceptors (Lipinski definition) is 6. The molecule has 11 nitrogen and oxygen atoms in total. The molecule has 3 rings (SSSR count). The summed E-state index contributed by atoms with van der Waals surface area (Å²) in [6.45, 7) is 0.811. The van der Waals surface area contributed by atoms with E-state index in [0.29, 0.717) is 5.69 Å². The zero-order valence-electron chi connectivity index (χ0n) is 17.2. The van der Waals surface area contributed by atoms with Crippen LogP contribution in [0.15, 0.2) is 54.6 Å². The maximum atomic E-state index is 13.1. The van der Waals surface area contributed by atoms with Gasteiger partial charge in [0.1, 0.15) is 12.1 Å². The number of nitrogens with zero attached hydrogens (tertiary/aromatic N) is 3. The third-order valence-electron chi connectivity index (χ3n) is 5.15. The van der Waals surface area contributed by atoms with Crippen LogP contribution in [0.3, 0.4) is 0 Å². The van der Waals surface area contributed by atoms with Crippen molar-refractivity contribution in [2.45, 2.75) is 18.9 Å². The number of nitrogens with two attached hydrogens (primary N) is 1. The quantitative estimate of drug-likeness (QED) is 0.358. The Morgan fingerprint density at radius 2 is 1.84 bits per heavy atom. The van der Waals surface area contributed by atoms with Crippen LogP contribution >= 0.6 is 0 Å². The molecule has 0 bridgehead atoms. The third-order valence-corrected chi connectivity index (χ3v) is 5.15. The fraction of sp³-hybridized carbons (Fsp3) is 0.238. The van der Waals surface area contributed by atoms with Crippen LogP contribution in [-0.2, 0) is 19.9 Å². The Bertz CT molecular complexity index is 1090. The summed E-state index contributed by atoms with van der Waals surface area (Å²) in [6.07, 6.45) is -0.105. The molecule has 0 aromatic heterocycles. The number of anilines is 1. The van der Waals surface area contributed by atoms with Crippen LogP contribution < -0.4 is 16.0 Å². The Labute approximate surface area is 182 Å². The van der Waals surface area contributed by atoms with Gasteiger partial charge in [-0.3, -0.25) is 29.4 Å². The number of rotatable bonds is 8. The molecule has 0 aliphatic carbocycles. The molecule has 0 saturated carbocycles. The molecule has 2 aromatic carbocycles. The Kier molecular flexibility index (Phi) is 6.19. The molecule has 1 aliphatic rings. The van der Waals surface area contributed by atoms with Crippen molar-refractivity contribution in [3.63, 3.8) is 0 Å². The van der Waals surface area contributed by atoms with Crippen LogP contribution in [-0.4, -0.2) is 46.7 Å². The molecule has 0 radical (unpaired) electrons. The van der Waals surface area contributed by atoms with E-state index < -0.39 is 40.8 Å². The van der Waals surface area contributed by atoms with E-state index in [2.05, 4.69) is 5.32 Å². The molecular formula is C21H21N5O6. The van der Waals surface area contributed by atoms with Gasteiger partial charge in [0.15, 0.2) is 0 Å². The van der Waals surface area contributed by atoms with E-state index in [4.69, 9.17) is 5.73 Å². The van der Waals surface area contributed by atoms with Crippen LogP contribution in [0, 0.1) is 10.1 Å². The molecule has 11 heteroatoms. The van der Waals surface area contributed by atoms with Gasteiger partial charge in [0, 0.05) is 30.8 Å². The number of carbonyl (C=O) groups is 4. The number of primary amides is 1. The van der Waals surface area contributed by atoms with Gasteiger partial charge in [0.05, 0.1) is 4.92 Å². The Morgan fingerprint density at radius 1 is 1.16 bits per heavy atom. The molecule has 32 heavy (non-hydrogen) atoms. The average Bonchev–Trinajstić information content (AvgIpc) is 2.98. The molecule has 166 valence electrons. The minimum atomic E-state index is -1.58. The predicted molar refractivity (Wildman–Crippen MR) is 113 cm³/mol. The number of nitro benzene ring substituents is 1. The van der Waals surface area contributed by atoms with E-state index in [9.17, 15) is 29.3 Å². The molecule has 3 N–H and O–H groups in total. The van der Waals surface area contributed by atoms with Gasteiger partial charge in [0.2, 0.25) is 11.8 Å². The Morgan fingerprint density at radius 3 is 2.47 bits per heavy atom. The van der Waals surface area contributed by atoms with Crippen molar-refractivity contribution in [1.82, 2.24) is 10.2 Å². The zero-order valence-corrected chi connectivity index (χ0v) is 17.2. The van der Waals surface area contributed by atoms with E-state index in [-0.39, 0.29) is 24.2 Å². The van der Waals surface area contributed by atoms with Gasteiger partial charge in [-0.1, -0.05) is 30.3 Å². The number of benzene rings is 2. The Hall–Kier alpha value is -4.28. The summed E-state index contributed by atoms with van der Waals surface area (Å²) in [5.41, 5.74) is 4.09. The SMILES string of the molecule is CC1(c2cccc([N+](=O)[O-])c2)NC(=O)N(CC(=O)N(CCC(N)=O)c2ccccc2)C1=O. The molecule has 2 aromatic rings. The molecule has 5 amide bonds. The van der Waals surface area contributed by atoms with E-state index in [0.717, 1.165) is 4.90 Å². The summed E-state index contributed by atoms with van der Waals surface area (Å²) in [5.74, 6) is -1.92. The number of nitro groups is 1. The maximum absolute atomic E-state index is 13.1. The van der Waals surface area contributed by atoms with Crippen molar-refractivity contribution < 1.29 is 24.1 Å². The van der Waals surface area contributed by atoms with Crippen molar-refractivity contribution in [2.75, 3.05) is 18.0 Å². The number of para-hydroxylation sites is 1. The highest BCUT2D eigenvalue weighted by Crippen LogP contribution is 2.31. The lowest BCUT2D eigenvalue weighted by molar-refractivity contribution is -0.385. The molecule has 0 spiro atoms. The number of carbonyl (C=O) groups excluding carboxylic acids is 4. The summed E-state index contributed by atoms with van der Waals surface area (Å²) in [6, 6.07) is 13.0. The van der Waals surface area contributed by atoms with E-state index in [1.165, 1.54) is 36.1 Å². The van der Waals surface area contributed by atoms with Crippen molar-refractivity contribution in [3.8, 4) is 0 Å². The number of urea groups is 1. The molecule has 1 saturated heterocycles. The van der Waals surface area contributed by atoms with Crippen LogP contribution in [0.1, 0.15) is 18.9 Å². The highest BCUT2D eigenvalue weighted by atomic mass is 16.6. The van der Waals surface area contributed by atoms with Crippen LogP contribution in [0.4, 0.5) is 16.2 Å². The van der Waals surface area contributed by atoms with Gasteiger partial charge in [-0.15, -0.1) is 0 Å². The fourth-order valence-corrected chi connectivity index (χ4v) is 3.42. The topological polar surface area (TPSA) is 156 Å². The number of imide groups is 1. The van der Waals surface area contributed by atoms with Crippen LogP contribution in [0.2, 0.25) is 0 Å². The third kappa shape index (κ3) is 4.41. The van der Waals surface area contributed by atoms with Gasteiger partial charge in [-0.25, -0.2) is 4.79 Å². The average molecular weight is 439 g/mol. The zero-order chi connectivity index (χ0) is 23.5. The summed E-state index contributed by atoms with van der Waals surface area (Å²) in [4.78, 5) is 62.4. The standard InChI is InChI=1S/C21H21N5O6/c1-21(14-6-5-9-16(12-14)26(31)32)19(29)25(20(30)23-21)13-18(28)24(11-10-17(22)27)15-7-3-2-4-8-15/h2-9,12H,10-11,13H2,1H3,(H2,22,27)(H,23,30). The second kappa shape index (κ2) is 8.84. The first-order valence-electron chi connectivity index (χ1n) is 9.66. The number of amides is 5. The second-order valence-corrected chi connectivity index (χ2v) is 7.35. The maximum Gasteiger partial charge on any atom is 0.325 e. The lowest BCUT2D eigenvalue weighted by Crippen LogP contribution is -2.45. The summed E-state index contributed by atoms with van der Waals surface area (Å²) in [7, 11) is 0. The molecule has 1 unspecified atom stereocenters. The predicted octanol–water partition coefficient (Wildman–Crippen LogP) is 1.27. The van der Waals surface area contributed by atoms with E-state index >= 15 is 0 Å². The van der Waals surface area contributed by atoms with Gasteiger partial charge >= 0.3 is 6.03 Å². The Balaban J connectivity index is 1.84. The summed E-state index contributed by atoms with van der Waals surface area (Å²) in [5, 5.41) is 13.6. The molecule has 1 fully saturated rings. The molecule has 1 heterocycles. The number of nitrogens with one attached hydrogen (secondary N) is 1. The monoisotopic (exact) mass is 439 g/mol. The highest BCUT2D eigenvalue weighted by Gasteiger charge is 2.50. The smallest absolute Gasteiger partial charge is 0.325 e. The molecule has 1 aliphatic heterocycles. The van der Waals surface area contributed by atoms with E-state index in [1.54, 1.807) is 30.3 Å². The first kappa shape index (κ1) is 22.4. The van der Waals surface area contributed by atoms with Crippen molar-refractivity contribution in [2.24, 2.45) is 5.73 Å². The van der Waals surface area contributed by atoms with Gasteiger partial charge in [-0.05, 0) is 24.6 Å². The van der Waals surface area contributed by atoms with Crippen LogP contribution in [0.25, 0.3) is 0 Å². The van der Waals surface area contributed by atoms with Crippen molar-refractivity contribution in [3.05, 3.63) is 70.3 Å². The lowest BCUT2D eigenvalue weighted by atomic mass is 9.91.